The first-order valence-electron chi connectivity index (χ1n) is 6.52. The fourth-order valence-corrected chi connectivity index (χ4v) is 2.56. The molecule has 0 unspecified atom stereocenters. The van der Waals surface area contributed by atoms with Crippen molar-refractivity contribution in [3.05, 3.63) is 76.8 Å². The van der Waals surface area contributed by atoms with Crippen molar-refractivity contribution in [3.63, 3.8) is 0 Å². The highest BCUT2D eigenvalue weighted by Gasteiger charge is 2.21. The molecule has 0 aliphatic rings. The Bertz CT molecular complexity index is 852. The highest BCUT2D eigenvalue weighted by Crippen LogP contribution is 2.35. The molecule has 3 nitrogen and oxygen atoms in total. The lowest BCUT2D eigenvalue weighted by atomic mass is 10.0. The number of anilines is 1. The average molecular weight is 314 g/mol. The van der Waals surface area contributed by atoms with E-state index in [1.165, 1.54) is 18.3 Å². The number of rotatable bonds is 2. The Morgan fingerprint density at radius 2 is 1.86 bits per heavy atom. The van der Waals surface area contributed by atoms with Gasteiger partial charge in [-0.15, -0.1) is 0 Å². The Morgan fingerprint density at radius 3 is 2.59 bits per heavy atom. The number of pyridine rings is 1. The van der Waals surface area contributed by atoms with Gasteiger partial charge in [0.2, 0.25) is 5.69 Å². The number of nitrogens with zero attached hydrogens (tertiary/aromatic N) is 1. The molecule has 0 saturated heterocycles. The molecule has 0 amide bonds. The van der Waals surface area contributed by atoms with E-state index in [2.05, 4.69) is 6.07 Å². The molecule has 0 spiro atoms. The summed E-state index contributed by atoms with van der Waals surface area (Å²) < 4.78 is 14.6. The van der Waals surface area contributed by atoms with E-state index in [1.54, 1.807) is 36.4 Å². The molecule has 0 aliphatic carbocycles. The number of halogens is 2. The summed E-state index contributed by atoms with van der Waals surface area (Å²) in [4.78, 5) is 0. The number of nitrogens with two attached hydrogens (primary N) is 1. The summed E-state index contributed by atoms with van der Waals surface area (Å²) in [5.41, 5.74) is 7.76. The van der Waals surface area contributed by atoms with E-state index in [9.17, 15) is 9.60 Å². The van der Waals surface area contributed by atoms with Gasteiger partial charge in [-0.3, -0.25) is 0 Å². The van der Waals surface area contributed by atoms with Crippen LogP contribution in [0.3, 0.4) is 0 Å². The maximum absolute atomic E-state index is 14.0. The number of aromatic nitrogens is 1. The van der Waals surface area contributed by atoms with E-state index in [4.69, 9.17) is 17.3 Å². The summed E-state index contributed by atoms with van der Waals surface area (Å²) in [6.45, 7) is 0. The fourth-order valence-electron chi connectivity index (χ4n) is 2.33. The average Bonchev–Trinajstić information content (AvgIpc) is 2.50. The Morgan fingerprint density at radius 1 is 1.09 bits per heavy atom. The Kier molecular flexibility index (Phi) is 3.69. The summed E-state index contributed by atoms with van der Waals surface area (Å²) >= 11 is 6.15. The lowest BCUT2D eigenvalue weighted by molar-refractivity contribution is -0.592. The zero-order valence-corrected chi connectivity index (χ0v) is 12.1. The first-order valence-corrected chi connectivity index (χ1v) is 6.90. The van der Waals surface area contributed by atoms with Crippen LogP contribution in [0, 0.1) is 17.1 Å². The van der Waals surface area contributed by atoms with E-state index >= 15 is 0 Å². The molecule has 1 aromatic heterocycles. The van der Waals surface area contributed by atoms with Gasteiger partial charge in [-0.25, -0.2) is 4.39 Å². The van der Waals surface area contributed by atoms with Crippen molar-refractivity contribution in [1.82, 2.24) is 0 Å². The van der Waals surface area contributed by atoms with Crippen LogP contribution in [0.4, 0.5) is 10.1 Å². The highest BCUT2D eigenvalue weighted by atomic mass is 35.5. The Hall–Kier alpha value is -2.59. The second kappa shape index (κ2) is 5.66. The van der Waals surface area contributed by atoms with Crippen LogP contribution in [0.25, 0.3) is 22.4 Å². The molecule has 3 aromatic rings. The van der Waals surface area contributed by atoms with Crippen LogP contribution in [-0.4, -0.2) is 0 Å². The molecule has 109 valence electrons. The largest absolute Gasteiger partial charge is 0.618 e. The topological polar surface area (TPSA) is 53.0 Å². The van der Waals surface area contributed by atoms with Crippen molar-refractivity contribution >= 4 is 17.3 Å². The summed E-state index contributed by atoms with van der Waals surface area (Å²) in [6.07, 6.45) is 1.29. The minimum absolute atomic E-state index is 0.177. The molecule has 0 aliphatic heterocycles. The van der Waals surface area contributed by atoms with Crippen LogP contribution < -0.4 is 10.5 Å². The third-order valence-corrected chi connectivity index (χ3v) is 3.70. The van der Waals surface area contributed by atoms with Crippen LogP contribution in [-0.2, 0) is 0 Å². The quantitative estimate of drug-likeness (QED) is 0.577. The Balaban J connectivity index is 2.28. The van der Waals surface area contributed by atoms with Crippen LogP contribution in [0.2, 0.25) is 5.02 Å². The van der Waals surface area contributed by atoms with Crippen molar-refractivity contribution in [3.8, 4) is 22.4 Å². The first-order chi connectivity index (χ1) is 10.6. The lowest BCUT2D eigenvalue weighted by Crippen LogP contribution is -2.30. The molecule has 1 radical (unpaired) electrons. The molecular formula is C17H11ClFN2O. The van der Waals surface area contributed by atoms with Gasteiger partial charge in [0.1, 0.15) is 11.5 Å². The summed E-state index contributed by atoms with van der Waals surface area (Å²) in [7, 11) is 0. The van der Waals surface area contributed by atoms with Crippen molar-refractivity contribution in [2.75, 3.05) is 5.73 Å². The SMILES string of the molecule is Nc1c(-c2cc[c]cc2F)cc[n+]([O-])c1-c1ccccc1Cl. The van der Waals surface area contributed by atoms with E-state index in [-0.39, 0.29) is 11.4 Å². The maximum Gasteiger partial charge on any atom is 0.249 e. The molecule has 2 N–H and O–H groups in total. The fraction of sp³-hybridized carbons (Fsp3) is 0. The van der Waals surface area contributed by atoms with Gasteiger partial charge in [0.15, 0.2) is 6.20 Å². The van der Waals surface area contributed by atoms with Gasteiger partial charge < -0.3 is 10.9 Å². The normalized spacial score (nSPS) is 10.6. The van der Waals surface area contributed by atoms with Gasteiger partial charge in [-0.1, -0.05) is 35.9 Å². The van der Waals surface area contributed by atoms with Gasteiger partial charge in [-0.2, -0.15) is 4.73 Å². The minimum atomic E-state index is -0.456. The molecular weight excluding hydrogens is 303 g/mol. The molecule has 0 atom stereocenters. The zero-order chi connectivity index (χ0) is 15.7. The summed E-state index contributed by atoms with van der Waals surface area (Å²) in [5, 5.41) is 12.5. The molecule has 3 rings (SSSR count). The van der Waals surface area contributed by atoms with Gasteiger partial charge in [0, 0.05) is 17.2 Å². The molecule has 0 saturated carbocycles. The number of hydrogen-bond acceptors (Lipinski definition) is 2. The third kappa shape index (κ3) is 2.38. The molecule has 5 heteroatoms. The van der Waals surface area contributed by atoms with Crippen LogP contribution in [0.15, 0.2) is 54.7 Å². The standard InChI is InChI=1S/C17H11ClFN2O/c18-14-7-3-1-6-13(14)17-16(20)12(9-10-21(17)22)11-5-2-4-8-15(11)19/h1-3,5-10H,20H2. The van der Waals surface area contributed by atoms with Gasteiger partial charge in [0.25, 0.3) is 0 Å². The van der Waals surface area contributed by atoms with Gasteiger partial charge in [0.05, 0.1) is 10.6 Å². The predicted molar refractivity (Wildman–Crippen MR) is 84.5 cm³/mol. The third-order valence-electron chi connectivity index (χ3n) is 3.38. The number of hydrogen-bond donors (Lipinski definition) is 1. The maximum atomic E-state index is 14.0. The zero-order valence-electron chi connectivity index (χ0n) is 11.4. The van der Waals surface area contributed by atoms with E-state index in [0.717, 1.165) is 0 Å². The van der Waals surface area contributed by atoms with Crippen molar-refractivity contribution in [2.45, 2.75) is 0 Å². The number of benzene rings is 2. The minimum Gasteiger partial charge on any atom is -0.618 e. The van der Waals surface area contributed by atoms with Crippen LogP contribution in [0.5, 0.6) is 0 Å². The van der Waals surface area contributed by atoms with E-state index in [1.807, 2.05) is 0 Å². The second-order valence-corrected chi connectivity index (χ2v) is 5.11. The van der Waals surface area contributed by atoms with Gasteiger partial charge in [-0.05, 0) is 24.3 Å². The smallest absolute Gasteiger partial charge is 0.249 e. The predicted octanol–water partition coefficient (Wildman–Crippen LogP) is 3.83. The molecule has 0 bridgehead atoms. The summed E-state index contributed by atoms with van der Waals surface area (Å²) in [5.74, 6) is -0.456. The molecule has 1 heterocycles. The number of nitrogen functional groups attached to an aromatic ring is 1. The van der Waals surface area contributed by atoms with Crippen molar-refractivity contribution in [2.24, 2.45) is 0 Å². The van der Waals surface area contributed by atoms with Crippen molar-refractivity contribution < 1.29 is 9.12 Å². The second-order valence-electron chi connectivity index (χ2n) is 4.70. The monoisotopic (exact) mass is 313 g/mol. The highest BCUT2D eigenvalue weighted by molar-refractivity contribution is 6.33. The molecule has 2 aromatic carbocycles. The molecule has 22 heavy (non-hydrogen) atoms. The van der Waals surface area contributed by atoms with Gasteiger partial charge >= 0.3 is 0 Å². The lowest BCUT2D eigenvalue weighted by Gasteiger charge is -2.13. The van der Waals surface area contributed by atoms with E-state index < -0.39 is 5.82 Å². The summed E-state index contributed by atoms with van der Waals surface area (Å²) in [6, 6.07) is 15.4. The van der Waals surface area contributed by atoms with Crippen LogP contribution >= 0.6 is 11.6 Å². The van der Waals surface area contributed by atoms with E-state index in [0.29, 0.717) is 26.4 Å². The van der Waals surface area contributed by atoms with Crippen molar-refractivity contribution in [1.29, 1.82) is 0 Å². The van der Waals surface area contributed by atoms with Crippen LogP contribution in [0.1, 0.15) is 0 Å². The first kappa shape index (κ1) is 14.4. The Labute approximate surface area is 132 Å². The molecule has 0 fully saturated rings.